The van der Waals surface area contributed by atoms with E-state index in [4.69, 9.17) is 21.3 Å². The van der Waals surface area contributed by atoms with Crippen LogP contribution in [0.5, 0.6) is 5.75 Å². The van der Waals surface area contributed by atoms with Crippen molar-refractivity contribution in [2.75, 3.05) is 11.5 Å². The Balaban J connectivity index is 1.75. The maximum Gasteiger partial charge on any atom is 0.260 e. The van der Waals surface area contributed by atoms with Gasteiger partial charge in [0.25, 0.3) is 5.91 Å². The number of rotatable bonds is 6. The third kappa shape index (κ3) is 4.18. The molecule has 4 aromatic rings. The molecular weight excluding hydrogens is 416 g/mol. The number of amides is 1. The van der Waals surface area contributed by atoms with Crippen LogP contribution in [0.1, 0.15) is 28.4 Å². The van der Waals surface area contributed by atoms with Gasteiger partial charge in [0.05, 0.1) is 28.4 Å². The number of aryl methyl sites for hydroxylation is 1. The Kier molecular flexibility index (Phi) is 6.02. The Morgan fingerprint density at radius 3 is 2.47 bits per heavy atom. The van der Waals surface area contributed by atoms with E-state index in [1.165, 1.54) is 11.3 Å². The number of nitrogens with zero attached hydrogens (tertiary/aromatic N) is 2. The van der Waals surface area contributed by atoms with Gasteiger partial charge in [-0.1, -0.05) is 59.3 Å². The molecule has 0 atom stereocenters. The van der Waals surface area contributed by atoms with E-state index in [2.05, 4.69) is 0 Å². The van der Waals surface area contributed by atoms with Gasteiger partial charge in [-0.2, -0.15) is 0 Å². The molecule has 0 N–H and O–H groups in total. The van der Waals surface area contributed by atoms with Gasteiger partial charge in [-0.15, -0.1) is 0 Å². The van der Waals surface area contributed by atoms with Gasteiger partial charge in [0.15, 0.2) is 5.13 Å². The van der Waals surface area contributed by atoms with Crippen LogP contribution >= 0.6 is 22.9 Å². The number of anilines is 1. The maximum atomic E-state index is 13.5. The second kappa shape index (κ2) is 8.86. The molecule has 1 aromatic heterocycles. The normalized spacial score (nSPS) is 10.9. The minimum absolute atomic E-state index is 0.116. The van der Waals surface area contributed by atoms with Crippen molar-refractivity contribution in [3.63, 3.8) is 0 Å². The Bertz CT molecular complexity index is 1130. The van der Waals surface area contributed by atoms with Gasteiger partial charge in [0.1, 0.15) is 5.75 Å². The molecule has 1 heterocycles. The number of benzene rings is 3. The van der Waals surface area contributed by atoms with Gasteiger partial charge in [-0.05, 0) is 55.3 Å². The molecule has 1 amide bonds. The third-order valence-corrected chi connectivity index (χ3v) is 6.30. The van der Waals surface area contributed by atoms with Crippen LogP contribution in [0, 0.1) is 6.92 Å². The largest absolute Gasteiger partial charge is 0.494 e. The van der Waals surface area contributed by atoms with E-state index in [0.717, 1.165) is 27.1 Å². The minimum Gasteiger partial charge on any atom is -0.494 e. The van der Waals surface area contributed by atoms with E-state index in [1.807, 2.05) is 68.4 Å². The lowest BCUT2D eigenvalue weighted by Gasteiger charge is -2.20. The quantitative estimate of drug-likeness (QED) is 0.346. The number of fused-ring (bicyclic) bond motifs is 1. The molecule has 0 saturated heterocycles. The molecule has 0 aliphatic rings. The van der Waals surface area contributed by atoms with Crippen LogP contribution in [0.3, 0.4) is 0 Å². The fourth-order valence-electron chi connectivity index (χ4n) is 3.21. The van der Waals surface area contributed by atoms with Gasteiger partial charge in [-0.25, -0.2) is 4.98 Å². The second-order valence-corrected chi connectivity index (χ2v) is 8.26. The highest BCUT2D eigenvalue weighted by molar-refractivity contribution is 7.23. The van der Waals surface area contributed by atoms with Crippen LogP contribution in [0.25, 0.3) is 10.2 Å². The van der Waals surface area contributed by atoms with E-state index in [9.17, 15) is 4.79 Å². The van der Waals surface area contributed by atoms with E-state index in [1.54, 1.807) is 17.0 Å². The molecule has 0 saturated carbocycles. The van der Waals surface area contributed by atoms with Crippen LogP contribution in [0.4, 0.5) is 5.13 Å². The van der Waals surface area contributed by atoms with Crippen LogP contribution < -0.4 is 9.64 Å². The lowest BCUT2D eigenvalue weighted by atomic mass is 10.1. The number of halogens is 1. The predicted molar refractivity (Wildman–Crippen MR) is 124 cm³/mol. The SMILES string of the molecule is CCOc1ccc(C(=O)N(Cc2ccccc2)c2nc3c(C)ccc(Cl)c3s2)cc1. The Morgan fingerprint density at radius 1 is 1.07 bits per heavy atom. The maximum absolute atomic E-state index is 13.5. The molecule has 4 nitrogen and oxygen atoms in total. The molecule has 0 spiro atoms. The van der Waals surface area contributed by atoms with Crippen molar-refractivity contribution in [3.8, 4) is 5.75 Å². The fraction of sp³-hybridized carbons (Fsp3) is 0.167. The van der Waals surface area contributed by atoms with Gasteiger partial charge in [0, 0.05) is 5.56 Å². The summed E-state index contributed by atoms with van der Waals surface area (Å²) in [6.45, 7) is 4.93. The van der Waals surface area contributed by atoms with Crippen LogP contribution in [-0.2, 0) is 6.54 Å². The molecule has 0 unspecified atom stereocenters. The van der Waals surface area contributed by atoms with Crippen molar-refractivity contribution in [3.05, 3.63) is 88.4 Å². The standard InChI is InChI=1S/C24H21ClN2O2S/c1-3-29-19-12-10-18(11-13-19)23(28)27(15-17-7-5-4-6-8-17)24-26-21-16(2)9-14-20(25)22(21)30-24/h4-14H,3,15H2,1-2H3. The molecule has 0 aliphatic carbocycles. The first-order valence-electron chi connectivity index (χ1n) is 9.71. The summed E-state index contributed by atoms with van der Waals surface area (Å²) in [4.78, 5) is 20.0. The van der Waals surface area contributed by atoms with Gasteiger partial charge < -0.3 is 4.74 Å². The predicted octanol–water partition coefficient (Wildman–Crippen LogP) is 6.50. The lowest BCUT2D eigenvalue weighted by Crippen LogP contribution is -2.30. The van der Waals surface area contributed by atoms with Crippen LogP contribution in [-0.4, -0.2) is 17.5 Å². The number of aromatic nitrogens is 1. The molecule has 30 heavy (non-hydrogen) atoms. The first-order chi connectivity index (χ1) is 14.6. The summed E-state index contributed by atoms with van der Waals surface area (Å²) in [5.41, 5.74) is 3.47. The third-order valence-electron chi connectivity index (χ3n) is 4.76. The molecule has 4 rings (SSSR count). The van der Waals surface area contributed by atoms with E-state index in [0.29, 0.717) is 28.9 Å². The van der Waals surface area contributed by atoms with Crippen molar-refractivity contribution in [2.24, 2.45) is 0 Å². The van der Waals surface area contributed by atoms with Crippen LogP contribution in [0.2, 0.25) is 5.02 Å². The highest BCUT2D eigenvalue weighted by atomic mass is 35.5. The minimum atomic E-state index is -0.116. The zero-order chi connectivity index (χ0) is 21.1. The molecule has 0 radical (unpaired) electrons. The average Bonchev–Trinajstić information content (AvgIpc) is 3.22. The second-order valence-electron chi connectivity index (χ2n) is 6.87. The number of ether oxygens (including phenoxy) is 1. The number of carbonyl (C=O) groups is 1. The molecule has 0 bridgehead atoms. The highest BCUT2D eigenvalue weighted by Crippen LogP contribution is 2.36. The summed E-state index contributed by atoms with van der Waals surface area (Å²) in [5, 5.41) is 1.27. The molecule has 3 aromatic carbocycles. The van der Waals surface area contributed by atoms with Crippen LogP contribution in [0.15, 0.2) is 66.7 Å². The number of carbonyl (C=O) groups excluding carboxylic acids is 1. The van der Waals surface area contributed by atoms with Gasteiger partial charge in [-0.3, -0.25) is 9.69 Å². The van der Waals surface area contributed by atoms with Crippen molar-refractivity contribution >= 4 is 44.2 Å². The number of thiazole rings is 1. The number of hydrogen-bond donors (Lipinski definition) is 0. The summed E-state index contributed by atoms with van der Waals surface area (Å²) in [6.07, 6.45) is 0. The zero-order valence-corrected chi connectivity index (χ0v) is 18.3. The molecule has 152 valence electrons. The Morgan fingerprint density at radius 2 is 1.80 bits per heavy atom. The first-order valence-corrected chi connectivity index (χ1v) is 10.9. The Labute approximate surface area is 184 Å². The topological polar surface area (TPSA) is 42.4 Å². The smallest absolute Gasteiger partial charge is 0.260 e. The monoisotopic (exact) mass is 436 g/mol. The van der Waals surface area contributed by atoms with E-state index < -0.39 is 0 Å². The Hall–Kier alpha value is -2.89. The summed E-state index contributed by atoms with van der Waals surface area (Å²) < 4.78 is 6.39. The molecule has 0 fully saturated rings. The first kappa shape index (κ1) is 20.4. The van der Waals surface area contributed by atoms with Crippen molar-refractivity contribution < 1.29 is 9.53 Å². The molecule has 6 heteroatoms. The summed E-state index contributed by atoms with van der Waals surface area (Å²) in [6, 6.07) is 20.9. The van der Waals surface area contributed by atoms with Crippen molar-refractivity contribution in [2.45, 2.75) is 20.4 Å². The average molecular weight is 437 g/mol. The van der Waals surface area contributed by atoms with Gasteiger partial charge >= 0.3 is 0 Å². The molecule has 0 aliphatic heterocycles. The van der Waals surface area contributed by atoms with Gasteiger partial charge in [0.2, 0.25) is 0 Å². The zero-order valence-electron chi connectivity index (χ0n) is 16.8. The molecular formula is C24H21ClN2O2S. The van der Waals surface area contributed by atoms with Crippen molar-refractivity contribution in [1.29, 1.82) is 0 Å². The summed E-state index contributed by atoms with van der Waals surface area (Å²) >= 11 is 7.84. The highest BCUT2D eigenvalue weighted by Gasteiger charge is 2.23. The van der Waals surface area contributed by atoms with E-state index >= 15 is 0 Å². The van der Waals surface area contributed by atoms with Crippen molar-refractivity contribution in [1.82, 2.24) is 4.98 Å². The summed E-state index contributed by atoms with van der Waals surface area (Å²) in [7, 11) is 0. The summed E-state index contributed by atoms with van der Waals surface area (Å²) in [5.74, 6) is 0.626. The van der Waals surface area contributed by atoms with E-state index in [-0.39, 0.29) is 5.91 Å². The number of hydrogen-bond acceptors (Lipinski definition) is 4. The fourth-order valence-corrected chi connectivity index (χ4v) is 4.53. The lowest BCUT2D eigenvalue weighted by molar-refractivity contribution is 0.0985.